The molecule has 2 aliphatic rings. The first-order chi connectivity index (χ1) is 9.42. The molecule has 1 heterocycles. The summed E-state index contributed by atoms with van der Waals surface area (Å²) < 4.78 is 0. The molecule has 0 radical (unpaired) electrons. The largest absolute Gasteiger partial charge is 0.392 e. The number of nitrogens with two attached hydrogens (primary N) is 1. The molecular formula is C15H31Cl2N3O2. The van der Waals surface area contributed by atoms with Crippen molar-refractivity contribution in [2.45, 2.75) is 63.6 Å². The Morgan fingerprint density at radius 2 is 1.86 bits per heavy atom. The second-order valence-electron chi connectivity index (χ2n) is 6.66. The van der Waals surface area contributed by atoms with E-state index in [2.05, 4.69) is 11.8 Å². The van der Waals surface area contributed by atoms with Gasteiger partial charge >= 0.3 is 0 Å². The van der Waals surface area contributed by atoms with Gasteiger partial charge in [0, 0.05) is 32.2 Å². The zero-order valence-corrected chi connectivity index (χ0v) is 15.3. The van der Waals surface area contributed by atoms with E-state index in [4.69, 9.17) is 5.73 Å². The molecule has 0 spiro atoms. The van der Waals surface area contributed by atoms with E-state index in [1.54, 1.807) is 6.92 Å². The average molecular weight is 356 g/mol. The van der Waals surface area contributed by atoms with Crippen LogP contribution in [0.4, 0.5) is 0 Å². The van der Waals surface area contributed by atoms with E-state index in [9.17, 15) is 9.90 Å². The molecule has 2 rings (SSSR count). The van der Waals surface area contributed by atoms with E-state index in [1.807, 2.05) is 4.90 Å². The van der Waals surface area contributed by atoms with Crippen molar-refractivity contribution in [1.82, 2.24) is 9.80 Å². The molecule has 5 nitrogen and oxygen atoms in total. The Kier molecular flexibility index (Phi) is 9.25. The van der Waals surface area contributed by atoms with E-state index >= 15 is 0 Å². The lowest BCUT2D eigenvalue weighted by Gasteiger charge is -2.44. The minimum atomic E-state index is -0.621. The highest BCUT2D eigenvalue weighted by Gasteiger charge is 2.40. The van der Waals surface area contributed by atoms with Gasteiger partial charge in [0.05, 0.1) is 11.6 Å². The maximum Gasteiger partial charge on any atom is 0.242 e. The van der Waals surface area contributed by atoms with Gasteiger partial charge in [0.25, 0.3) is 0 Å². The highest BCUT2D eigenvalue weighted by atomic mass is 35.5. The molecular weight excluding hydrogens is 325 g/mol. The summed E-state index contributed by atoms with van der Waals surface area (Å²) in [7, 11) is 0. The molecule has 7 heteroatoms. The van der Waals surface area contributed by atoms with Gasteiger partial charge in [0.1, 0.15) is 0 Å². The van der Waals surface area contributed by atoms with Crippen LogP contribution in [0.15, 0.2) is 0 Å². The molecule has 2 fully saturated rings. The molecule has 1 saturated heterocycles. The van der Waals surface area contributed by atoms with Gasteiger partial charge in [0.2, 0.25) is 5.91 Å². The van der Waals surface area contributed by atoms with Crippen LogP contribution in [-0.2, 0) is 4.79 Å². The quantitative estimate of drug-likeness (QED) is 0.802. The molecule has 0 aromatic rings. The van der Waals surface area contributed by atoms with Gasteiger partial charge in [-0.1, -0.05) is 19.3 Å². The van der Waals surface area contributed by atoms with Crippen LogP contribution in [0.3, 0.4) is 0 Å². The van der Waals surface area contributed by atoms with Gasteiger partial charge < -0.3 is 15.7 Å². The minimum Gasteiger partial charge on any atom is -0.392 e. The number of halogens is 2. The summed E-state index contributed by atoms with van der Waals surface area (Å²) in [5, 5.41) is 9.50. The topological polar surface area (TPSA) is 69.8 Å². The Hall–Kier alpha value is -0.0700. The van der Waals surface area contributed by atoms with Crippen LogP contribution in [0, 0.1) is 0 Å². The first-order valence-electron chi connectivity index (χ1n) is 7.93. The highest BCUT2D eigenvalue weighted by Crippen LogP contribution is 2.28. The van der Waals surface area contributed by atoms with E-state index < -0.39 is 5.54 Å². The zero-order valence-electron chi connectivity index (χ0n) is 13.7. The summed E-state index contributed by atoms with van der Waals surface area (Å²) in [4.78, 5) is 16.9. The third-order valence-electron chi connectivity index (χ3n) is 4.72. The Labute approximate surface area is 146 Å². The summed E-state index contributed by atoms with van der Waals surface area (Å²) in [6.45, 7) is 6.89. The maximum atomic E-state index is 12.7. The van der Waals surface area contributed by atoms with Crippen LogP contribution >= 0.6 is 24.8 Å². The predicted octanol–water partition coefficient (Wildman–Crippen LogP) is 1.41. The Morgan fingerprint density at radius 3 is 2.36 bits per heavy atom. The lowest BCUT2D eigenvalue weighted by atomic mass is 9.81. The summed E-state index contributed by atoms with van der Waals surface area (Å²) in [6.07, 6.45) is 4.67. The summed E-state index contributed by atoms with van der Waals surface area (Å²) in [6, 6.07) is 0.287. The van der Waals surface area contributed by atoms with Crippen molar-refractivity contribution >= 4 is 30.7 Å². The molecule has 1 amide bonds. The van der Waals surface area contributed by atoms with Gasteiger partial charge in [-0.25, -0.2) is 0 Å². The van der Waals surface area contributed by atoms with Crippen molar-refractivity contribution in [3.05, 3.63) is 0 Å². The number of hydrogen-bond donors (Lipinski definition) is 2. The molecule has 0 aromatic carbocycles. The van der Waals surface area contributed by atoms with Crippen molar-refractivity contribution < 1.29 is 9.90 Å². The highest BCUT2D eigenvalue weighted by molar-refractivity contribution is 5.86. The van der Waals surface area contributed by atoms with Crippen molar-refractivity contribution in [3.63, 3.8) is 0 Å². The fraction of sp³-hybridized carbons (Fsp3) is 0.933. The van der Waals surface area contributed by atoms with Crippen molar-refractivity contribution in [1.29, 1.82) is 0 Å². The maximum absolute atomic E-state index is 12.7. The fourth-order valence-electron chi connectivity index (χ4n) is 3.50. The van der Waals surface area contributed by atoms with Crippen molar-refractivity contribution in [2.24, 2.45) is 5.73 Å². The smallest absolute Gasteiger partial charge is 0.242 e. The summed E-state index contributed by atoms with van der Waals surface area (Å²) >= 11 is 0. The molecule has 0 bridgehead atoms. The van der Waals surface area contributed by atoms with Gasteiger partial charge in [0.15, 0.2) is 0 Å². The Balaban J connectivity index is 0.00000220. The first-order valence-corrected chi connectivity index (χ1v) is 7.93. The first kappa shape index (κ1) is 21.9. The molecule has 1 aliphatic carbocycles. The van der Waals surface area contributed by atoms with Gasteiger partial charge in [-0.15, -0.1) is 24.8 Å². The normalized spacial score (nSPS) is 26.5. The lowest BCUT2D eigenvalue weighted by molar-refractivity contribution is -0.141. The van der Waals surface area contributed by atoms with Crippen molar-refractivity contribution in [2.75, 3.05) is 26.2 Å². The van der Waals surface area contributed by atoms with Crippen LogP contribution in [0.2, 0.25) is 0 Å². The zero-order chi connectivity index (χ0) is 14.8. The number of aliphatic hydroxyl groups excluding tert-OH is 1. The van der Waals surface area contributed by atoms with Crippen LogP contribution in [0.5, 0.6) is 0 Å². The standard InChI is InChI=1S/C15H29N3O2.2ClH/c1-12-10-18(9-8-17(12)11-13(2)19)14(20)15(16)6-4-3-5-7-15;;/h12-13,19H,3-11,16H2,1-2H3;2*1H. The van der Waals surface area contributed by atoms with Gasteiger partial charge in [-0.3, -0.25) is 9.69 Å². The minimum absolute atomic E-state index is 0. The molecule has 22 heavy (non-hydrogen) atoms. The molecule has 132 valence electrons. The molecule has 1 aliphatic heterocycles. The van der Waals surface area contributed by atoms with Crippen molar-refractivity contribution in [3.8, 4) is 0 Å². The van der Waals surface area contributed by atoms with E-state index in [0.717, 1.165) is 45.3 Å². The second-order valence-corrected chi connectivity index (χ2v) is 6.66. The van der Waals surface area contributed by atoms with E-state index in [1.165, 1.54) is 6.42 Å². The predicted molar refractivity (Wildman–Crippen MR) is 93.8 cm³/mol. The van der Waals surface area contributed by atoms with Gasteiger partial charge in [-0.2, -0.15) is 0 Å². The molecule has 1 saturated carbocycles. The number of aliphatic hydroxyl groups is 1. The van der Waals surface area contributed by atoms with Crippen LogP contribution < -0.4 is 5.73 Å². The second kappa shape index (κ2) is 9.28. The van der Waals surface area contributed by atoms with Crippen LogP contribution in [0.1, 0.15) is 46.0 Å². The molecule has 0 aromatic heterocycles. The van der Waals surface area contributed by atoms with Crippen LogP contribution in [0.25, 0.3) is 0 Å². The number of rotatable bonds is 3. The number of β-amino-alcohol motifs (C(OH)–C–C–N with tert-alkyl or cyclic N) is 1. The SMILES string of the molecule is CC(O)CN1CCN(C(=O)C2(N)CCCCC2)CC1C.Cl.Cl. The third-order valence-corrected chi connectivity index (χ3v) is 4.72. The van der Waals surface area contributed by atoms with E-state index in [-0.39, 0.29) is 42.9 Å². The number of hydrogen-bond acceptors (Lipinski definition) is 4. The number of carbonyl (C=O) groups is 1. The Morgan fingerprint density at radius 1 is 1.27 bits per heavy atom. The number of nitrogens with zero attached hydrogens (tertiary/aromatic N) is 2. The monoisotopic (exact) mass is 355 g/mol. The van der Waals surface area contributed by atoms with Gasteiger partial charge in [-0.05, 0) is 26.7 Å². The number of carbonyl (C=O) groups excluding carboxylic acids is 1. The summed E-state index contributed by atoms with van der Waals surface area (Å²) in [5.74, 6) is 0.140. The molecule has 3 N–H and O–H groups in total. The lowest BCUT2D eigenvalue weighted by Crippen LogP contribution is -2.62. The molecule has 2 unspecified atom stereocenters. The van der Waals surface area contributed by atoms with E-state index in [0.29, 0.717) is 6.54 Å². The van der Waals surface area contributed by atoms with Crippen LogP contribution in [-0.4, -0.2) is 64.7 Å². The molecule has 2 atom stereocenters. The average Bonchev–Trinajstić information content (AvgIpc) is 2.40. The fourth-order valence-corrected chi connectivity index (χ4v) is 3.50. The Bertz CT molecular complexity index is 350. The third kappa shape index (κ3) is 5.24. The number of amides is 1. The summed E-state index contributed by atoms with van der Waals surface area (Å²) in [5.41, 5.74) is 5.73. The number of piperazine rings is 1.